The second-order valence-electron chi connectivity index (χ2n) is 12.0. The number of hydrogen-bond acceptors (Lipinski definition) is 3. The number of hydrogen-bond donors (Lipinski definition) is 0. The Bertz CT molecular complexity index is 2500. The van der Waals surface area contributed by atoms with E-state index in [1.165, 1.54) is 27.6 Å². The van der Waals surface area contributed by atoms with Crippen molar-refractivity contribution in [1.29, 1.82) is 0 Å². The zero-order valence-corrected chi connectivity index (χ0v) is 23.8. The summed E-state index contributed by atoms with van der Waals surface area (Å²) in [7, 11) is 0. The monoisotopic (exact) mass is 554 g/mol. The molecule has 0 amide bonds. The maximum Gasteiger partial charge on any atom is 0.201 e. The Morgan fingerprint density at radius 2 is 1.42 bits per heavy atom. The first kappa shape index (κ1) is 24.2. The topological polar surface area (TPSA) is 48.0 Å². The van der Waals surface area contributed by atoms with Gasteiger partial charge < -0.3 is 8.98 Å². The lowest BCUT2D eigenvalue weighted by Gasteiger charge is -2.21. The van der Waals surface area contributed by atoms with E-state index in [-0.39, 0.29) is 10.8 Å². The first-order valence-electron chi connectivity index (χ1n) is 14.6. The fourth-order valence-corrected chi connectivity index (χ4v) is 7.21. The number of benzene rings is 5. The fraction of sp³-hybridized carbons (Fsp3) is 0.0769. The highest BCUT2D eigenvalue weighted by Gasteiger charge is 2.36. The normalized spacial score (nSPS) is 13.6. The van der Waals surface area contributed by atoms with Crippen molar-refractivity contribution in [3.8, 4) is 27.9 Å². The predicted molar refractivity (Wildman–Crippen MR) is 175 cm³/mol. The second kappa shape index (κ2) is 8.52. The Morgan fingerprint density at radius 3 is 2.30 bits per heavy atom. The molecule has 1 aliphatic rings. The zero-order valence-electron chi connectivity index (χ0n) is 23.8. The zero-order chi connectivity index (χ0) is 28.9. The predicted octanol–water partition coefficient (Wildman–Crippen LogP) is 9.41. The molecule has 0 aliphatic heterocycles. The molecule has 204 valence electrons. The van der Waals surface area contributed by atoms with E-state index in [1.807, 2.05) is 54.9 Å². The first-order valence-corrected chi connectivity index (χ1v) is 14.6. The summed E-state index contributed by atoms with van der Waals surface area (Å²) < 4.78 is 8.47. The Labute approximate surface area is 247 Å². The molecule has 0 fully saturated rings. The molecule has 3 heterocycles. The molecule has 0 spiro atoms. The number of pyridine rings is 1. The number of para-hydroxylation sites is 1. The molecule has 3 aromatic heterocycles. The van der Waals surface area contributed by atoms with E-state index in [9.17, 15) is 4.79 Å². The van der Waals surface area contributed by atoms with Gasteiger partial charge in [-0.05, 0) is 81.9 Å². The van der Waals surface area contributed by atoms with Gasteiger partial charge in [-0.1, -0.05) is 74.5 Å². The van der Waals surface area contributed by atoms with Crippen molar-refractivity contribution in [3.05, 3.63) is 143 Å². The summed E-state index contributed by atoms with van der Waals surface area (Å²) >= 11 is 0. The minimum absolute atomic E-state index is 0.0103. The van der Waals surface area contributed by atoms with Crippen molar-refractivity contribution in [3.63, 3.8) is 0 Å². The van der Waals surface area contributed by atoms with Crippen molar-refractivity contribution in [2.75, 3.05) is 0 Å². The van der Waals surface area contributed by atoms with Gasteiger partial charge in [-0.3, -0.25) is 9.78 Å². The van der Waals surface area contributed by atoms with E-state index in [1.54, 1.807) is 0 Å². The third kappa shape index (κ3) is 3.26. The molecule has 0 saturated heterocycles. The second-order valence-corrected chi connectivity index (χ2v) is 12.0. The summed E-state index contributed by atoms with van der Waals surface area (Å²) in [6.07, 6.45) is 3.83. The minimum atomic E-state index is -0.0941. The SMILES string of the molecule is CC1(C)c2ccccc2-c2cc3c4cnccc4n(-c4ccc(-c5cccc6oc7ccccc7c(=O)c56)cc4)c3cc21. The molecule has 0 saturated carbocycles. The van der Waals surface area contributed by atoms with Gasteiger partial charge in [0.05, 0.1) is 21.8 Å². The summed E-state index contributed by atoms with van der Waals surface area (Å²) in [5, 5.41) is 3.52. The van der Waals surface area contributed by atoms with Crippen molar-refractivity contribution in [2.45, 2.75) is 19.3 Å². The van der Waals surface area contributed by atoms with Gasteiger partial charge in [0.2, 0.25) is 5.43 Å². The summed E-state index contributed by atoms with van der Waals surface area (Å²) in [5.41, 5.74) is 11.6. The summed E-state index contributed by atoms with van der Waals surface area (Å²) in [4.78, 5) is 18.1. The summed E-state index contributed by atoms with van der Waals surface area (Å²) in [6, 6.07) is 37.3. The molecule has 5 aromatic carbocycles. The lowest BCUT2D eigenvalue weighted by Crippen LogP contribution is -2.14. The van der Waals surface area contributed by atoms with Crippen LogP contribution in [-0.2, 0) is 5.41 Å². The number of rotatable bonds is 2. The minimum Gasteiger partial charge on any atom is -0.456 e. The standard InChI is InChI=1S/C39H26N2O2/c1-39(2)31-11-5-3-8-26(31)28-20-29-30-22-40-19-18-33(30)41(34(29)21-32(28)39)24-16-14-23(15-17-24)25-10-7-13-36-37(25)38(42)27-9-4-6-12-35(27)43-36/h3-22H,1-2H3. The first-order chi connectivity index (χ1) is 21.0. The molecule has 1 aliphatic carbocycles. The molecule has 0 unspecified atom stereocenters. The Kier molecular flexibility index (Phi) is 4.79. The van der Waals surface area contributed by atoms with E-state index in [0.29, 0.717) is 21.9 Å². The molecule has 43 heavy (non-hydrogen) atoms. The number of aromatic nitrogens is 2. The summed E-state index contributed by atoms with van der Waals surface area (Å²) in [6.45, 7) is 4.63. The van der Waals surface area contributed by atoms with Crippen LogP contribution in [0.4, 0.5) is 0 Å². The van der Waals surface area contributed by atoms with E-state index >= 15 is 0 Å². The average molecular weight is 555 g/mol. The average Bonchev–Trinajstić information content (AvgIpc) is 3.48. The maximum absolute atomic E-state index is 13.6. The Balaban J connectivity index is 1.25. The van der Waals surface area contributed by atoms with Crippen LogP contribution in [0.15, 0.2) is 131 Å². The smallest absolute Gasteiger partial charge is 0.201 e. The van der Waals surface area contributed by atoms with E-state index in [2.05, 4.69) is 90.1 Å². The van der Waals surface area contributed by atoms with Gasteiger partial charge in [-0.2, -0.15) is 0 Å². The van der Waals surface area contributed by atoms with E-state index in [4.69, 9.17) is 4.42 Å². The molecule has 4 heteroatoms. The van der Waals surface area contributed by atoms with Gasteiger partial charge in [0.15, 0.2) is 0 Å². The van der Waals surface area contributed by atoms with Crippen LogP contribution in [0.1, 0.15) is 25.0 Å². The van der Waals surface area contributed by atoms with E-state index in [0.717, 1.165) is 33.2 Å². The molecular weight excluding hydrogens is 528 g/mol. The van der Waals surface area contributed by atoms with Gasteiger partial charge >= 0.3 is 0 Å². The maximum atomic E-state index is 13.6. The largest absolute Gasteiger partial charge is 0.456 e. The van der Waals surface area contributed by atoms with Gasteiger partial charge in [-0.25, -0.2) is 0 Å². The molecule has 0 atom stereocenters. The number of nitrogens with zero attached hydrogens (tertiary/aromatic N) is 2. The lowest BCUT2D eigenvalue weighted by molar-refractivity contribution is 0.660. The van der Waals surface area contributed by atoms with Crippen LogP contribution in [0.25, 0.3) is 71.7 Å². The highest BCUT2D eigenvalue weighted by molar-refractivity contribution is 6.11. The number of fused-ring (bicyclic) bond motifs is 8. The van der Waals surface area contributed by atoms with Crippen LogP contribution < -0.4 is 5.43 Å². The molecule has 0 bridgehead atoms. The third-order valence-corrected chi connectivity index (χ3v) is 9.31. The highest BCUT2D eigenvalue weighted by atomic mass is 16.3. The van der Waals surface area contributed by atoms with Crippen LogP contribution in [0.2, 0.25) is 0 Å². The van der Waals surface area contributed by atoms with Gasteiger partial charge in [-0.15, -0.1) is 0 Å². The van der Waals surface area contributed by atoms with Gasteiger partial charge in [0.1, 0.15) is 11.2 Å². The molecular formula is C39H26N2O2. The fourth-order valence-electron chi connectivity index (χ4n) is 7.21. The molecule has 9 rings (SSSR count). The van der Waals surface area contributed by atoms with Crippen molar-refractivity contribution in [1.82, 2.24) is 9.55 Å². The van der Waals surface area contributed by atoms with Crippen molar-refractivity contribution < 1.29 is 4.42 Å². The van der Waals surface area contributed by atoms with Crippen LogP contribution >= 0.6 is 0 Å². The lowest BCUT2D eigenvalue weighted by atomic mass is 9.82. The molecule has 0 radical (unpaired) electrons. The van der Waals surface area contributed by atoms with E-state index < -0.39 is 0 Å². The molecule has 8 aromatic rings. The van der Waals surface area contributed by atoms with Crippen molar-refractivity contribution in [2.24, 2.45) is 0 Å². The molecule has 0 N–H and O–H groups in total. The van der Waals surface area contributed by atoms with Gasteiger partial charge in [0.25, 0.3) is 0 Å². The highest BCUT2D eigenvalue weighted by Crippen LogP contribution is 2.50. The van der Waals surface area contributed by atoms with Crippen LogP contribution in [0, 0.1) is 0 Å². The van der Waals surface area contributed by atoms with Crippen molar-refractivity contribution >= 4 is 43.7 Å². The van der Waals surface area contributed by atoms with Crippen LogP contribution in [-0.4, -0.2) is 9.55 Å². The molecule has 4 nitrogen and oxygen atoms in total. The Morgan fingerprint density at radius 1 is 0.651 bits per heavy atom. The third-order valence-electron chi connectivity index (χ3n) is 9.31. The summed E-state index contributed by atoms with van der Waals surface area (Å²) in [5.74, 6) is 0. The van der Waals surface area contributed by atoms with Crippen LogP contribution in [0.3, 0.4) is 0 Å². The quantitative estimate of drug-likeness (QED) is 0.200. The Hall–Kier alpha value is -5.48. The van der Waals surface area contributed by atoms with Crippen LogP contribution in [0.5, 0.6) is 0 Å². The van der Waals surface area contributed by atoms with Gasteiger partial charge in [0, 0.05) is 34.3 Å².